The van der Waals surface area contributed by atoms with E-state index in [-0.39, 0.29) is 23.5 Å². The molecule has 6 nitrogen and oxygen atoms in total. The van der Waals surface area contributed by atoms with Crippen LogP contribution in [0, 0.1) is 5.41 Å². The van der Waals surface area contributed by atoms with Gasteiger partial charge in [-0.2, -0.15) is 0 Å². The van der Waals surface area contributed by atoms with E-state index >= 15 is 0 Å². The van der Waals surface area contributed by atoms with E-state index < -0.39 is 0 Å². The van der Waals surface area contributed by atoms with Crippen LogP contribution in [0.4, 0.5) is 4.79 Å². The van der Waals surface area contributed by atoms with Crippen molar-refractivity contribution in [1.29, 1.82) is 0 Å². The van der Waals surface area contributed by atoms with Crippen LogP contribution >= 0.6 is 0 Å². The van der Waals surface area contributed by atoms with Gasteiger partial charge in [-0.25, -0.2) is 9.59 Å². The quantitative estimate of drug-likeness (QED) is 0.677. The molecular formula is C17H29N3O3. The lowest BCUT2D eigenvalue weighted by Crippen LogP contribution is -2.52. The van der Waals surface area contributed by atoms with Crippen molar-refractivity contribution in [2.24, 2.45) is 5.41 Å². The van der Waals surface area contributed by atoms with E-state index in [1.54, 1.807) is 13.8 Å². The summed E-state index contributed by atoms with van der Waals surface area (Å²) in [6, 6.07) is -0.237. The first-order valence-electron chi connectivity index (χ1n) is 8.56. The monoisotopic (exact) mass is 323 g/mol. The van der Waals surface area contributed by atoms with Crippen molar-refractivity contribution >= 4 is 12.0 Å². The molecule has 0 aromatic carbocycles. The molecule has 0 aromatic rings. The molecule has 2 amide bonds. The summed E-state index contributed by atoms with van der Waals surface area (Å²) >= 11 is 0. The number of carbonyl (C=O) groups excluding carboxylic acids is 2. The first kappa shape index (κ1) is 17.8. The molecule has 0 unspecified atom stereocenters. The zero-order chi connectivity index (χ0) is 17.0. The fourth-order valence-corrected chi connectivity index (χ4v) is 3.52. The first-order chi connectivity index (χ1) is 10.8. The van der Waals surface area contributed by atoms with Gasteiger partial charge in [0.2, 0.25) is 0 Å². The first-order valence-corrected chi connectivity index (χ1v) is 8.56. The Balaban J connectivity index is 2.13. The van der Waals surface area contributed by atoms with Crippen LogP contribution in [-0.2, 0) is 9.53 Å². The Bertz CT molecular complexity index is 499. The van der Waals surface area contributed by atoms with Crippen LogP contribution in [0.3, 0.4) is 0 Å². The second kappa shape index (κ2) is 7.34. The minimum absolute atomic E-state index is 0.228. The Hall–Kier alpha value is -1.56. The predicted octanol–water partition coefficient (Wildman–Crippen LogP) is 2.06. The van der Waals surface area contributed by atoms with Crippen molar-refractivity contribution in [1.82, 2.24) is 16.0 Å². The highest BCUT2D eigenvalue weighted by atomic mass is 16.5. The number of hydrogen-bond acceptors (Lipinski definition) is 4. The van der Waals surface area contributed by atoms with E-state index in [4.69, 9.17) is 4.74 Å². The summed E-state index contributed by atoms with van der Waals surface area (Å²) in [5, 5.41) is 9.03. The third-order valence-corrected chi connectivity index (χ3v) is 4.90. The molecule has 6 heteroatoms. The summed E-state index contributed by atoms with van der Waals surface area (Å²) in [5.74, 6) is -0.368. The lowest BCUT2D eigenvalue weighted by Gasteiger charge is -2.40. The Morgan fingerprint density at radius 2 is 2.13 bits per heavy atom. The van der Waals surface area contributed by atoms with Gasteiger partial charge in [0.1, 0.15) is 0 Å². The highest BCUT2D eigenvalue weighted by molar-refractivity contribution is 5.94. The van der Waals surface area contributed by atoms with Crippen molar-refractivity contribution in [3.05, 3.63) is 11.3 Å². The molecule has 1 saturated carbocycles. The minimum Gasteiger partial charge on any atom is -0.463 e. The van der Waals surface area contributed by atoms with Crippen LogP contribution in [0.5, 0.6) is 0 Å². The number of hydrogen-bond donors (Lipinski definition) is 3. The molecule has 130 valence electrons. The molecule has 1 fully saturated rings. The molecule has 2 aliphatic rings. The molecule has 0 radical (unpaired) electrons. The number of esters is 1. The van der Waals surface area contributed by atoms with Crippen molar-refractivity contribution in [3.8, 4) is 0 Å². The van der Waals surface area contributed by atoms with E-state index in [1.165, 1.54) is 19.3 Å². The zero-order valence-electron chi connectivity index (χ0n) is 14.6. The Labute approximate surface area is 138 Å². The van der Waals surface area contributed by atoms with Gasteiger partial charge in [0.25, 0.3) is 0 Å². The molecule has 3 N–H and O–H groups in total. The number of urea groups is 1. The van der Waals surface area contributed by atoms with E-state index in [0.717, 1.165) is 6.42 Å². The van der Waals surface area contributed by atoms with Crippen LogP contribution in [0.1, 0.15) is 53.4 Å². The Morgan fingerprint density at radius 3 is 2.78 bits per heavy atom. The van der Waals surface area contributed by atoms with Crippen molar-refractivity contribution in [2.75, 3.05) is 13.2 Å². The fraction of sp³-hybridized carbons (Fsp3) is 0.765. The Kier molecular flexibility index (Phi) is 5.68. The van der Waals surface area contributed by atoms with Gasteiger partial charge in [-0.05, 0) is 32.1 Å². The normalized spacial score (nSPS) is 27.2. The van der Waals surface area contributed by atoms with Crippen molar-refractivity contribution in [2.45, 2.75) is 65.5 Å². The third kappa shape index (κ3) is 4.25. The highest BCUT2D eigenvalue weighted by Crippen LogP contribution is 2.35. The number of carbonyl (C=O) groups is 2. The highest BCUT2D eigenvalue weighted by Gasteiger charge is 2.34. The summed E-state index contributed by atoms with van der Waals surface area (Å²) in [6.45, 7) is 8.91. The van der Waals surface area contributed by atoms with E-state index in [1.807, 2.05) is 0 Å². The van der Waals surface area contributed by atoms with Crippen LogP contribution in [0.25, 0.3) is 0 Å². The minimum atomic E-state index is -0.368. The summed E-state index contributed by atoms with van der Waals surface area (Å²) in [7, 11) is 0. The predicted molar refractivity (Wildman–Crippen MR) is 88.8 cm³/mol. The van der Waals surface area contributed by atoms with Gasteiger partial charge in [0.05, 0.1) is 18.2 Å². The molecule has 1 heterocycles. The Morgan fingerprint density at radius 1 is 1.39 bits per heavy atom. The van der Waals surface area contributed by atoms with Crippen LogP contribution in [0.2, 0.25) is 0 Å². The second-order valence-electron chi connectivity index (χ2n) is 7.10. The number of amides is 2. The fourth-order valence-electron chi connectivity index (χ4n) is 3.52. The van der Waals surface area contributed by atoms with Crippen LogP contribution < -0.4 is 16.0 Å². The zero-order valence-corrected chi connectivity index (χ0v) is 14.6. The third-order valence-electron chi connectivity index (χ3n) is 4.90. The van der Waals surface area contributed by atoms with Gasteiger partial charge in [-0.1, -0.05) is 26.7 Å². The van der Waals surface area contributed by atoms with Crippen molar-refractivity contribution in [3.63, 3.8) is 0 Å². The van der Waals surface area contributed by atoms with Crippen LogP contribution in [-0.4, -0.2) is 37.2 Å². The van der Waals surface area contributed by atoms with E-state index in [9.17, 15) is 9.59 Å². The number of nitrogens with one attached hydrogen (secondary N) is 3. The molecule has 2 rings (SSSR count). The molecule has 0 saturated heterocycles. The van der Waals surface area contributed by atoms with E-state index in [2.05, 4.69) is 29.8 Å². The maximum absolute atomic E-state index is 12.2. The molecule has 0 spiro atoms. The molecule has 0 bridgehead atoms. The largest absolute Gasteiger partial charge is 0.463 e. The maximum atomic E-state index is 12.2. The van der Waals surface area contributed by atoms with E-state index in [0.29, 0.717) is 30.5 Å². The van der Waals surface area contributed by atoms with Gasteiger partial charge < -0.3 is 20.7 Å². The van der Waals surface area contributed by atoms with Crippen molar-refractivity contribution < 1.29 is 14.3 Å². The lowest BCUT2D eigenvalue weighted by molar-refractivity contribution is -0.139. The van der Waals surface area contributed by atoms with Crippen LogP contribution in [0.15, 0.2) is 11.3 Å². The summed E-state index contributed by atoms with van der Waals surface area (Å²) < 4.78 is 5.13. The summed E-state index contributed by atoms with van der Waals surface area (Å²) in [5.41, 5.74) is 1.36. The molecular weight excluding hydrogens is 294 g/mol. The second-order valence-corrected chi connectivity index (χ2v) is 7.10. The standard InChI is InChI=1S/C17H29N3O3/c1-5-23-15(21)14-11(2)19-16(22)20-12(14)10-18-13-8-6-7-9-17(13,3)4/h11,13,18H,5-10H2,1-4H3,(H2,19,20,22)/t11-,13+/m1/s1. The van der Waals surface area contributed by atoms with Gasteiger partial charge in [0.15, 0.2) is 0 Å². The maximum Gasteiger partial charge on any atom is 0.337 e. The van der Waals surface area contributed by atoms with Gasteiger partial charge in [0, 0.05) is 18.3 Å². The smallest absolute Gasteiger partial charge is 0.337 e. The molecule has 1 aliphatic carbocycles. The topological polar surface area (TPSA) is 79.5 Å². The molecule has 1 aliphatic heterocycles. The average Bonchev–Trinajstić information content (AvgIpc) is 2.45. The summed E-state index contributed by atoms with van der Waals surface area (Å²) in [6.07, 6.45) is 4.80. The molecule has 23 heavy (non-hydrogen) atoms. The van der Waals surface area contributed by atoms with Gasteiger partial charge in [-0.15, -0.1) is 0 Å². The summed E-state index contributed by atoms with van der Waals surface area (Å²) in [4.78, 5) is 24.0. The number of rotatable bonds is 5. The SMILES string of the molecule is CCOC(=O)C1=C(CN[C@H]2CCCCC2(C)C)NC(=O)N[C@@H]1C. The molecule has 2 atom stereocenters. The average molecular weight is 323 g/mol. The molecule has 0 aromatic heterocycles. The van der Waals surface area contributed by atoms with Gasteiger partial charge >= 0.3 is 12.0 Å². The lowest BCUT2D eigenvalue weighted by atomic mass is 9.73. The number of ether oxygens (including phenoxy) is 1. The van der Waals surface area contributed by atoms with Gasteiger partial charge in [-0.3, -0.25) is 0 Å².